The van der Waals surface area contributed by atoms with Gasteiger partial charge in [-0.1, -0.05) is 14.4 Å². The fraction of sp³-hybridized carbons (Fsp3) is 1.00. The first-order chi connectivity index (χ1) is 1.41. The largest absolute Gasteiger partial charge is 0.855 e. The van der Waals surface area contributed by atoms with Gasteiger partial charge in [-0.25, -0.2) is 0 Å². The summed E-state index contributed by atoms with van der Waals surface area (Å²) in [5, 5.41) is 8.93. The standard InChI is InChI=1S/C2H5O.CH4/c1-2-3;/h2H2,1H3;1H4/q-1;. The average molecular weight is 61.1 g/mol. The van der Waals surface area contributed by atoms with Gasteiger partial charge in [0.25, 0.3) is 0 Å². The predicted molar refractivity (Wildman–Crippen MR) is 17.3 cm³/mol. The fourth-order valence-corrected chi connectivity index (χ4v) is 0. The summed E-state index contributed by atoms with van der Waals surface area (Å²) in [7, 11) is 0. The van der Waals surface area contributed by atoms with Crippen LogP contribution in [0.25, 0.3) is 0 Å². The van der Waals surface area contributed by atoms with Gasteiger partial charge in [-0.15, -0.1) is 6.61 Å². The Hall–Kier alpha value is -0.0400. The molecule has 0 amide bonds. The molecule has 0 heterocycles. The molecule has 4 heavy (non-hydrogen) atoms. The summed E-state index contributed by atoms with van der Waals surface area (Å²) in [5.41, 5.74) is 0. The van der Waals surface area contributed by atoms with Crippen LogP contribution in [0.3, 0.4) is 0 Å². The minimum Gasteiger partial charge on any atom is -0.855 e. The van der Waals surface area contributed by atoms with Gasteiger partial charge in [-0.3, -0.25) is 0 Å². The maximum absolute atomic E-state index is 8.93. The summed E-state index contributed by atoms with van der Waals surface area (Å²) in [5.74, 6) is 0. The van der Waals surface area contributed by atoms with E-state index in [0.29, 0.717) is 0 Å². The second-order valence-electron chi connectivity index (χ2n) is 0.289. The van der Waals surface area contributed by atoms with E-state index in [4.69, 9.17) is 5.11 Å². The van der Waals surface area contributed by atoms with Gasteiger partial charge in [0, 0.05) is 0 Å². The Balaban J connectivity index is 0. The van der Waals surface area contributed by atoms with Crippen molar-refractivity contribution in [1.29, 1.82) is 0 Å². The Bertz CT molecular complexity index is 3.25. The first kappa shape index (κ1) is 9.03. The first-order valence-corrected chi connectivity index (χ1v) is 0.996. The van der Waals surface area contributed by atoms with E-state index >= 15 is 0 Å². The summed E-state index contributed by atoms with van der Waals surface area (Å²) in [6, 6.07) is 0. The molecule has 0 aliphatic carbocycles. The van der Waals surface area contributed by atoms with Crippen molar-refractivity contribution >= 4 is 0 Å². The Morgan fingerprint density at radius 1 is 1.75 bits per heavy atom. The smallest absolute Gasteiger partial charge is 0.0776 e. The highest BCUT2D eigenvalue weighted by molar-refractivity contribution is 3.79. The minimum atomic E-state index is 0. The molecule has 0 radical (unpaired) electrons. The minimum absolute atomic E-state index is 0. The molecule has 1 nitrogen and oxygen atoms in total. The Morgan fingerprint density at radius 2 is 1.75 bits per heavy atom. The number of rotatable bonds is 0. The lowest BCUT2D eigenvalue weighted by molar-refractivity contribution is -0.361. The molecule has 0 aliphatic rings. The van der Waals surface area contributed by atoms with Gasteiger partial charge >= 0.3 is 0 Å². The van der Waals surface area contributed by atoms with Crippen LogP contribution in [0.4, 0.5) is 0 Å². The third-order valence-electron chi connectivity index (χ3n) is 0. The molecule has 0 spiro atoms. The molecule has 0 aromatic rings. The van der Waals surface area contributed by atoms with Crippen LogP contribution in [0, 0.1) is 0 Å². The van der Waals surface area contributed by atoms with Crippen LogP contribution in [0.2, 0.25) is 0 Å². The van der Waals surface area contributed by atoms with Crippen molar-refractivity contribution in [2.24, 2.45) is 0 Å². The van der Waals surface area contributed by atoms with E-state index in [-0.39, 0.29) is 14.0 Å². The second kappa shape index (κ2) is 12.3. The van der Waals surface area contributed by atoms with Crippen LogP contribution in [-0.2, 0) is 0 Å². The maximum Gasteiger partial charge on any atom is -0.0776 e. The topological polar surface area (TPSA) is 23.1 Å². The lowest BCUT2D eigenvalue weighted by atomic mass is 10.9. The van der Waals surface area contributed by atoms with E-state index in [1.807, 2.05) is 0 Å². The summed E-state index contributed by atoms with van der Waals surface area (Å²) >= 11 is 0. The highest BCUT2D eigenvalue weighted by atomic mass is 16.2. The third kappa shape index (κ3) is 1130. The summed E-state index contributed by atoms with van der Waals surface area (Å²) in [4.78, 5) is 0. The van der Waals surface area contributed by atoms with E-state index in [1.54, 1.807) is 6.92 Å². The lowest BCUT2D eigenvalue weighted by Crippen LogP contribution is -1.97. The molecule has 0 N–H and O–H groups in total. The summed E-state index contributed by atoms with van der Waals surface area (Å²) in [6.07, 6.45) is 0. The van der Waals surface area contributed by atoms with Crippen LogP contribution < -0.4 is 5.11 Å². The Kier molecular flexibility index (Phi) is 27.9. The van der Waals surface area contributed by atoms with Gasteiger partial charge in [0.1, 0.15) is 0 Å². The highest BCUT2D eigenvalue weighted by Gasteiger charge is 1.16. The first-order valence-electron chi connectivity index (χ1n) is 0.996. The molecule has 0 aromatic heterocycles. The van der Waals surface area contributed by atoms with Crippen molar-refractivity contribution in [1.82, 2.24) is 0 Å². The van der Waals surface area contributed by atoms with Crippen LogP contribution >= 0.6 is 0 Å². The molecule has 0 bridgehead atoms. The third-order valence-corrected chi connectivity index (χ3v) is 0. The average Bonchev–Trinajstić information content (AvgIpc) is 0.918. The number of hydrogen-bond acceptors (Lipinski definition) is 1. The zero-order chi connectivity index (χ0) is 2.71. The van der Waals surface area contributed by atoms with Gasteiger partial charge in [0.15, 0.2) is 0 Å². The SMILES string of the molecule is C.CC[O-]. The quantitative estimate of drug-likeness (QED) is 0.386. The maximum atomic E-state index is 8.93. The molecule has 0 rings (SSSR count). The van der Waals surface area contributed by atoms with Crippen LogP contribution in [0.1, 0.15) is 14.4 Å². The molecule has 0 aromatic carbocycles. The van der Waals surface area contributed by atoms with E-state index in [0.717, 1.165) is 0 Å². The van der Waals surface area contributed by atoms with Crippen molar-refractivity contribution in [3.63, 3.8) is 0 Å². The summed E-state index contributed by atoms with van der Waals surface area (Å²) < 4.78 is 0. The number of hydrogen-bond donors (Lipinski definition) is 0. The van der Waals surface area contributed by atoms with Gasteiger partial charge in [-0.05, 0) is 0 Å². The molecule has 0 fully saturated rings. The van der Waals surface area contributed by atoms with Gasteiger partial charge < -0.3 is 5.11 Å². The molecule has 0 saturated heterocycles. The molecule has 28 valence electrons. The van der Waals surface area contributed by atoms with Crippen molar-refractivity contribution in [3.8, 4) is 0 Å². The van der Waals surface area contributed by atoms with Crippen molar-refractivity contribution in [2.45, 2.75) is 14.4 Å². The molecule has 0 saturated carbocycles. The van der Waals surface area contributed by atoms with Crippen LogP contribution in [0.5, 0.6) is 0 Å². The van der Waals surface area contributed by atoms with Crippen molar-refractivity contribution in [2.75, 3.05) is 6.61 Å². The zero-order valence-corrected chi connectivity index (χ0v) is 2.12. The zero-order valence-electron chi connectivity index (χ0n) is 2.12. The molecule has 0 atom stereocenters. The van der Waals surface area contributed by atoms with E-state index in [1.165, 1.54) is 0 Å². The molecule has 1 heteroatoms. The lowest BCUT2D eigenvalue weighted by Gasteiger charge is -1.79. The molecular formula is C3H9O-. The van der Waals surface area contributed by atoms with E-state index in [2.05, 4.69) is 0 Å². The van der Waals surface area contributed by atoms with E-state index < -0.39 is 0 Å². The molecular weight excluding hydrogens is 52.0 g/mol. The van der Waals surface area contributed by atoms with Gasteiger partial charge in [0.2, 0.25) is 0 Å². The summed E-state index contributed by atoms with van der Waals surface area (Å²) in [6.45, 7) is 1.57. The van der Waals surface area contributed by atoms with Gasteiger partial charge in [0.05, 0.1) is 0 Å². The van der Waals surface area contributed by atoms with Crippen molar-refractivity contribution in [3.05, 3.63) is 0 Å². The van der Waals surface area contributed by atoms with Crippen LogP contribution in [0.15, 0.2) is 0 Å². The Morgan fingerprint density at radius 3 is 1.75 bits per heavy atom. The van der Waals surface area contributed by atoms with E-state index in [9.17, 15) is 0 Å². The fourth-order valence-electron chi connectivity index (χ4n) is 0. The molecule has 0 aliphatic heterocycles. The highest BCUT2D eigenvalue weighted by Crippen LogP contribution is 1.18. The normalized spacial score (nSPS) is 4.50. The second-order valence-corrected chi connectivity index (χ2v) is 0.289. The van der Waals surface area contributed by atoms with Gasteiger partial charge in [-0.2, -0.15) is 0 Å². The van der Waals surface area contributed by atoms with Crippen LogP contribution in [-0.4, -0.2) is 6.61 Å². The molecule has 0 unspecified atom stereocenters. The Labute approximate surface area is 27.3 Å². The monoisotopic (exact) mass is 61.1 g/mol. The predicted octanol–water partition coefficient (Wildman–Crippen LogP) is 0.00270. The van der Waals surface area contributed by atoms with Crippen molar-refractivity contribution < 1.29 is 5.11 Å².